The highest BCUT2D eigenvalue weighted by molar-refractivity contribution is 5.97. The highest BCUT2D eigenvalue weighted by Gasteiger charge is 2.56. The van der Waals surface area contributed by atoms with Gasteiger partial charge in [-0.2, -0.15) is 0 Å². The van der Waals surface area contributed by atoms with Gasteiger partial charge in [0.1, 0.15) is 5.54 Å². The van der Waals surface area contributed by atoms with Gasteiger partial charge in [-0.1, -0.05) is 73.5 Å². The van der Waals surface area contributed by atoms with E-state index in [-0.39, 0.29) is 11.8 Å². The van der Waals surface area contributed by atoms with Gasteiger partial charge in [0.25, 0.3) is 0 Å². The van der Waals surface area contributed by atoms with Crippen LogP contribution in [0.25, 0.3) is 0 Å². The number of benzene rings is 2. The largest absolute Gasteiger partial charge is 0.339 e. The summed E-state index contributed by atoms with van der Waals surface area (Å²) in [5, 5.41) is 0. The van der Waals surface area contributed by atoms with Crippen molar-refractivity contribution in [1.82, 2.24) is 9.80 Å². The number of carbonyl (C=O) groups excluding carboxylic acids is 2. The SMILES string of the molecule is CN(Cc1ccccc1)C(=O)C1(C)CCN1C(=O)C1(c2ccccc2)CCCC1. The molecule has 152 valence electrons. The van der Waals surface area contributed by atoms with Crippen molar-refractivity contribution in [2.45, 2.75) is 56.5 Å². The summed E-state index contributed by atoms with van der Waals surface area (Å²) in [4.78, 5) is 30.8. The van der Waals surface area contributed by atoms with E-state index in [0.717, 1.165) is 43.2 Å². The molecule has 0 bridgehead atoms. The van der Waals surface area contributed by atoms with Gasteiger partial charge >= 0.3 is 0 Å². The van der Waals surface area contributed by atoms with Gasteiger partial charge in [-0.05, 0) is 37.3 Å². The average molecular weight is 391 g/mol. The van der Waals surface area contributed by atoms with E-state index in [9.17, 15) is 9.59 Å². The van der Waals surface area contributed by atoms with Crippen molar-refractivity contribution in [1.29, 1.82) is 0 Å². The van der Waals surface area contributed by atoms with Crippen LogP contribution >= 0.6 is 0 Å². The summed E-state index contributed by atoms with van der Waals surface area (Å²) in [6, 6.07) is 20.2. The third-order valence-corrected chi connectivity index (χ3v) is 6.93. The number of carbonyl (C=O) groups is 2. The van der Waals surface area contributed by atoms with E-state index in [1.807, 2.05) is 67.4 Å². The molecular weight excluding hydrogens is 360 g/mol. The average Bonchev–Trinajstić information content (AvgIpc) is 3.24. The normalized spacial score (nSPS) is 22.8. The monoisotopic (exact) mass is 390 g/mol. The fraction of sp³-hybridized carbons (Fsp3) is 0.440. The van der Waals surface area contributed by atoms with Gasteiger partial charge in [0, 0.05) is 20.1 Å². The van der Waals surface area contributed by atoms with Crippen LogP contribution in [0.3, 0.4) is 0 Å². The Morgan fingerprint density at radius 1 is 0.931 bits per heavy atom. The van der Waals surface area contributed by atoms with Gasteiger partial charge in [-0.25, -0.2) is 0 Å². The summed E-state index contributed by atoms with van der Waals surface area (Å²) < 4.78 is 0. The van der Waals surface area contributed by atoms with Crippen molar-refractivity contribution >= 4 is 11.8 Å². The summed E-state index contributed by atoms with van der Waals surface area (Å²) in [5.41, 5.74) is 0.981. The van der Waals surface area contributed by atoms with E-state index in [2.05, 4.69) is 12.1 Å². The molecule has 2 amide bonds. The van der Waals surface area contributed by atoms with Crippen molar-refractivity contribution in [2.24, 2.45) is 0 Å². The molecule has 2 aromatic carbocycles. The summed E-state index contributed by atoms with van der Waals surface area (Å²) in [6.07, 6.45) is 4.59. The van der Waals surface area contributed by atoms with Gasteiger partial charge in [0.2, 0.25) is 11.8 Å². The minimum absolute atomic E-state index is 0.0298. The van der Waals surface area contributed by atoms with Gasteiger partial charge in [0.15, 0.2) is 0 Å². The fourth-order valence-corrected chi connectivity index (χ4v) is 5.07. The van der Waals surface area contributed by atoms with Crippen LogP contribution in [0.4, 0.5) is 0 Å². The smallest absolute Gasteiger partial charge is 0.248 e. The van der Waals surface area contributed by atoms with Crippen molar-refractivity contribution in [3.05, 3.63) is 71.8 Å². The quantitative estimate of drug-likeness (QED) is 0.770. The van der Waals surface area contributed by atoms with Gasteiger partial charge in [-0.15, -0.1) is 0 Å². The number of likely N-dealkylation sites (tertiary alicyclic amines) is 1. The Morgan fingerprint density at radius 2 is 1.52 bits per heavy atom. The molecule has 4 heteroatoms. The lowest BCUT2D eigenvalue weighted by Crippen LogP contribution is -2.69. The molecule has 1 saturated heterocycles. The predicted octanol–water partition coefficient (Wildman–Crippen LogP) is 4.15. The zero-order valence-electron chi connectivity index (χ0n) is 17.4. The van der Waals surface area contributed by atoms with E-state index in [4.69, 9.17) is 0 Å². The van der Waals surface area contributed by atoms with Gasteiger partial charge in [0.05, 0.1) is 5.41 Å². The molecule has 29 heavy (non-hydrogen) atoms. The zero-order chi connectivity index (χ0) is 20.5. The Morgan fingerprint density at radius 3 is 2.07 bits per heavy atom. The van der Waals surface area contributed by atoms with Crippen LogP contribution in [0, 0.1) is 0 Å². The van der Waals surface area contributed by atoms with E-state index in [1.54, 1.807) is 4.90 Å². The van der Waals surface area contributed by atoms with Crippen molar-refractivity contribution in [3.8, 4) is 0 Å². The van der Waals surface area contributed by atoms with Crippen LogP contribution in [-0.2, 0) is 21.5 Å². The second-order valence-electron chi connectivity index (χ2n) is 8.78. The number of amides is 2. The first-order chi connectivity index (χ1) is 14.0. The van der Waals surface area contributed by atoms with Gasteiger partial charge in [-0.3, -0.25) is 9.59 Å². The molecule has 4 nitrogen and oxygen atoms in total. The molecule has 0 N–H and O–H groups in total. The number of nitrogens with zero attached hydrogens (tertiary/aromatic N) is 2. The van der Waals surface area contributed by atoms with Crippen LogP contribution in [0.2, 0.25) is 0 Å². The number of hydrogen-bond acceptors (Lipinski definition) is 2. The van der Waals surface area contributed by atoms with E-state index >= 15 is 0 Å². The standard InChI is InChI=1S/C25H30N2O2/c1-24(22(28)26(2)19-20-11-5-3-6-12-20)17-18-27(24)23(29)25(15-9-10-16-25)21-13-7-4-8-14-21/h3-8,11-14H,9-10,15-19H2,1-2H3. The van der Waals surface area contributed by atoms with Crippen LogP contribution in [0.15, 0.2) is 60.7 Å². The van der Waals surface area contributed by atoms with Crippen LogP contribution < -0.4 is 0 Å². The number of rotatable bonds is 5. The Balaban J connectivity index is 1.55. The molecule has 1 saturated carbocycles. The van der Waals surface area contributed by atoms with Crippen molar-refractivity contribution in [3.63, 3.8) is 0 Å². The molecule has 1 atom stereocenters. The topological polar surface area (TPSA) is 40.6 Å². The Kier molecular flexibility index (Phi) is 5.20. The molecule has 1 aliphatic heterocycles. The van der Waals surface area contributed by atoms with Gasteiger partial charge < -0.3 is 9.80 Å². The third-order valence-electron chi connectivity index (χ3n) is 6.93. The van der Waals surface area contributed by atoms with E-state index < -0.39 is 11.0 Å². The molecule has 1 aliphatic carbocycles. The number of hydrogen-bond donors (Lipinski definition) is 0. The highest BCUT2D eigenvalue weighted by Crippen LogP contribution is 2.46. The molecule has 1 heterocycles. The van der Waals surface area contributed by atoms with Crippen LogP contribution in [-0.4, -0.2) is 40.7 Å². The Labute approximate surface area is 173 Å². The fourth-order valence-electron chi connectivity index (χ4n) is 5.07. The molecule has 0 spiro atoms. The second kappa shape index (κ2) is 7.66. The predicted molar refractivity (Wildman–Crippen MR) is 114 cm³/mol. The lowest BCUT2D eigenvalue weighted by atomic mass is 9.74. The first-order valence-electron chi connectivity index (χ1n) is 10.6. The molecule has 2 aliphatic rings. The zero-order valence-corrected chi connectivity index (χ0v) is 17.4. The van der Waals surface area contributed by atoms with E-state index in [0.29, 0.717) is 13.1 Å². The summed E-state index contributed by atoms with van der Waals surface area (Å²) in [5.74, 6) is 0.165. The van der Waals surface area contributed by atoms with Crippen LogP contribution in [0.1, 0.15) is 50.2 Å². The molecule has 0 aromatic heterocycles. The first-order valence-corrected chi connectivity index (χ1v) is 10.6. The summed E-state index contributed by atoms with van der Waals surface area (Å²) in [6.45, 7) is 3.15. The maximum atomic E-state index is 13.8. The summed E-state index contributed by atoms with van der Waals surface area (Å²) in [7, 11) is 1.84. The highest BCUT2D eigenvalue weighted by atomic mass is 16.2. The second-order valence-corrected chi connectivity index (χ2v) is 8.78. The molecule has 2 aromatic rings. The third kappa shape index (κ3) is 3.35. The maximum Gasteiger partial charge on any atom is 0.248 e. The lowest BCUT2D eigenvalue weighted by Gasteiger charge is -2.53. The molecule has 0 radical (unpaired) electrons. The molecular formula is C25H30N2O2. The minimum atomic E-state index is -0.745. The Bertz CT molecular complexity index is 874. The maximum absolute atomic E-state index is 13.8. The number of likely N-dealkylation sites (N-methyl/N-ethyl adjacent to an activating group) is 1. The first kappa shape index (κ1) is 19.7. The molecule has 2 fully saturated rings. The molecule has 4 rings (SSSR count). The lowest BCUT2D eigenvalue weighted by molar-refractivity contribution is -0.167. The van der Waals surface area contributed by atoms with Crippen molar-refractivity contribution < 1.29 is 9.59 Å². The summed E-state index contributed by atoms with van der Waals surface area (Å²) >= 11 is 0. The minimum Gasteiger partial charge on any atom is -0.339 e. The molecule has 1 unspecified atom stereocenters. The van der Waals surface area contributed by atoms with E-state index in [1.165, 1.54) is 0 Å². The Hall–Kier alpha value is -2.62. The van der Waals surface area contributed by atoms with Crippen molar-refractivity contribution in [2.75, 3.05) is 13.6 Å². The van der Waals surface area contributed by atoms with Crippen LogP contribution in [0.5, 0.6) is 0 Å².